The molecule has 0 heterocycles. The predicted molar refractivity (Wildman–Crippen MR) is 146 cm³/mol. The van der Waals surface area contributed by atoms with E-state index < -0.39 is 5.97 Å². The lowest BCUT2D eigenvalue weighted by Gasteiger charge is -2.26. The fourth-order valence-electron chi connectivity index (χ4n) is 4.83. The van der Waals surface area contributed by atoms with E-state index in [0.29, 0.717) is 18.0 Å². The minimum atomic E-state index is -0.400. The van der Waals surface area contributed by atoms with Crippen LogP contribution in [0.3, 0.4) is 0 Å². The van der Waals surface area contributed by atoms with Crippen molar-refractivity contribution >= 4 is 18.0 Å². The van der Waals surface area contributed by atoms with E-state index in [-0.39, 0.29) is 19.1 Å². The second kappa shape index (κ2) is 14.4. The van der Waals surface area contributed by atoms with Crippen molar-refractivity contribution in [2.45, 2.75) is 65.2 Å². The number of hydrogen-bond acceptors (Lipinski definition) is 4. The fraction of sp³-hybridized carbons (Fsp3) is 0.438. The standard InChI is InChI=1S/C32H40O4/c1-4-5-6-7-25-8-12-28(13-9-25)30-16-18-31(19-17-30)29-14-10-26(11-15-29)20-27(21-35-23-33)22-36-32(34)24(2)3/h8-9,12-14,16-19,23,26-27H,2,4-7,10-11,15,20-22H2,1,3H3. The number of allylic oxidation sites excluding steroid dienone is 2. The predicted octanol–water partition coefficient (Wildman–Crippen LogP) is 7.57. The summed E-state index contributed by atoms with van der Waals surface area (Å²) in [5.41, 5.74) is 6.97. The Hall–Kier alpha value is -3.14. The summed E-state index contributed by atoms with van der Waals surface area (Å²) in [6.07, 6.45) is 11.2. The summed E-state index contributed by atoms with van der Waals surface area (Å²) < 4.78 is 10.3. The van der Waals surface area contributed by atoms with Gasteiger partial charge in [0.25, 0.3) is 6.47 Å². The average molecular weight is 489 g/mol. The molecule has 0 aliphatic heterocycles. The van der Waals surface area contributed by atoms with Crippen molar-refractivity contribution in [3.63, 3.8) is 0 Å². The Bertz CT molecular complexity index is 1020. The summed E-state index contributed by atoms with van der Waals surface area (Å²) in [4.78, 5) is 22.4. The number of esters is 1. The molecule has 0 saturated carbocycles. The number of ether oxygens (including phenoxy) is 2. The van der Waals surface area contributed by atoms with Gasteiger partial charge < -0.3 is 9.47 Å². The molecule has 0 saturated heterocycles. The zero-order valence-corrected chi connectivity index (χ0v) is 21.8. The molecule has 3 rings (SSSR count). The van der Waals surface area contributed by atoms with Crippen molar-refractivity contribution in [3.05, 3.63) is 77.9 Å². The summed E-state index contributed by atoms with van der Waals surface area (Å²) in [6.45, 7) is 8.45. The van der Waals surface area contributed by atoms with Crippen LogP contribution in [0.4, 0.5) is 0 Å². The molecule has 0 amide bonds. The Labute approximate surface area is 216 Å². The van der Waals surface area contributed by atoms with Gasteiger partial charge in [0.05, 0.1) is 13.2 Å². The van der Waals surface area contributed by atoms with E-state index in [1.54, 1.807) is 6.92 Å². The lowest BCUT2D eigenvalue weighted by Crippen LogP contribution is -2.22. The highest BCUT2D eigenvalue weighted by Crippen LogP contribution is 2.34. The van der Waals surface area contributed by atoms with Crippen molar-refractivity contribution in [1.29, 1.82) is 0 Å². The van der Waals surface area contributed by atoms with Gasteiger partial charge in [-0.2, -0.15) is 0 Å². The van der Waals surface area contributed by atoms with Gasteiger partial charge in [0, 0.05) is 11.5 Å². The Kier molecular flexibility index (Phi) is 11.0. The molecule has 0 spiro atoms. The molecule has 0 bridgehead atoms. The SMILES string of the molecule is C=C(C)C(=O)OCC(COC=O)CC1CC=C(c2ccc(-c3ccc(CCCCC)cc3)cc2)CC1. The molecule has 2 atom stereocenters. The van der Waals surface area contributed by atoms with Gasteiger partial charge in [-0.05, 0) is 79.2 Å². The highest BCUT2D eigenvalue weighted by molar-refractivity contribution is 5.86. The molecule has 0 N–H and O–H groups in total. The van der Waals surface area contributed by atoms with Crippen molar-refractivity contribution < 1.29 is 19.1 Å². The molecule has 1 aliphatic rings. The first-order valence-electron chi connectivity index (χ1n) is 13.3. The van der Waals surface area contributed by atoms with Gasteiger partial charge >= 0.3 is 5.97 Å². The molecule has 1 aliphatic carbocycles. The molecule has 2 aromatic carbocycles. The first-order valence-corrected chi connectivity index (χ1v) is 13.3. The summed E-state index contributed by atoms with van der Waals surface area (Å²) in [5.74, 6) is 0.0757. The van der Waals surface area contributed by atoms with Crippen LogP contribution in [0.5, 0.6) is 0 Å². The largest absolute Gasteiger partial charge is 0.467 e. The summed E-state index contributed by atoms with van der Waals surface area (Å²) >= 11 is 0. The number of rotatable bonds is 14. The fourth-order valence-corrected chi connectivity index (χ4v) is 4.83. The minimum Gasteiger partial charge on any atom is -0.467 e. The number of hydrogen-bond donors (Lipinski definition) is 0. The second-order valence-corrected chi connectivity index (χ2v) is 10.0. The van der Waals surface area contributed by atoms with Crippen molar-refractivity contribution in [3.8, 4) is 11.1 Å². The van der Waals surface area contributed by atoms with Crippen LogP contribution in [-0.2, 0) is 25.5 Å². The highest BCUT2D eigenvalue weighted by Gasteiger charge is 2.22. The molecule has 4 heteroatoms. The molecule has 36 heavy (non-hydrogen) atoms. The van der Waals surface area contributed by atoms with Gasteiger partial charge in [-0.25, -0.2) is 4.79 Å². The second-order valence-electron chi connectivity index (χ2n) is 10.0. The van der Waals surface area contributed by atoms with Crippen LogP contribution in [0.2, 0.25) is 0 Å². The van der Waals surface area contributed by atoms with Gasteiger partial charge in [-0.1, -0.05) is 81.0 Å². The molecular weight excluding hydrogens is 448 g/mol. The van der Waals surface area contributed by atoms with Gasteiger partial charge in [0.15, 0.2) is 0 Å². The minimum absolute atomic E-state index is 0.00392. The van der Waals surface area contributed by atoms with Crippen LogP contribution in [0, 0.1) is 11.8 Å². The molecule has 0 fully saturated rings. The summed E-state index contributed by atoms with van der Waals surface area (Å²) in [7, 11) is 0. The highest BCUT2D eigenvalue weighted by atomic mass is 16.5. The van der Waals surface area contributed by atoms with E-state index in [2.05, 4.69) is 68.1 Å². The monoisotopic (exact) mass is 488 g/mol. The molecule has 2 aromatic rings. The first-order chi connectivity index (χ1) is 17.5. The van der Waals surface area contributed by atoms with Crippen LogP contribution in [0.15, 0.2) is 66.8 Å². The Morgan fingerprint density at radius 2 is 1.69 bits per heavy atom. The molecule has 0 aromatic heterocycles. The average Bonchev–Trinajstić information content (AvgIpc) is 2.91. The topological polar surface area (TPSA) is 52.6 Å². The summed E-state index contributed by atoms with van der Waals surface area (Å²) in [6, 6.07) is 17.9. The maximum Gasteiger partial charge on any atom is 0.333 e. The first kappa shape index (κ1) is 27.4. The Morgan fingerprint density at radius 1 is 1.03 bits per heavy atom. The number of benzene rings is 2. The van der Waals surface area contributed by atoms with Gasteiger partial charge in [0.1, 0.15) is 0 Å². The van der Waals surface area contributed by atoms with Crippen molar-refractivity contribution in [1.82, 2.24) is 0 Å². The van der Waals surface area contributed by atoms with E-state index in [1.807, 2.05) is 0 Å². The third kappa shape index (κ3) is 8.51. The third-order valence-corrected chi connectivity index (χ3v) is 7.00. The zero-order valence-electron chi connectivity index (χ0n) is 21.8. The summed E-state index contributed by atoms with van der Waals surface area (Å²) in [5, 5.41) is 0. The van der Waals surface area contributed by atoms with Gasteiger partial charge in [0.2, 0.25) is 0 Å². The smallest absolute Gasteiger partial charge is 0.333 e. The lowest BCUT2D eigenvalue weighted by molar-refractivity contribution is -0.141. The maximum absolute atomic E-state index is 11.7. The zero-order chi connectivity index (χ0) is 25.8. The van der Waals surface area contributed by atoms with E-state index in [1.165, 1.54) is 47.1 Å². The van der Waals surface area contributed by atoms with Gasteiger partial charge in [-0.15, -0.1) is 0 Å². The lowest BCUT2D eigenvalue weighted by atomic mass is 9.82. The van der Waals surface area contributed by atoms with Crippen molar-refractivity contribution in [2.24, 2.45) is 11.8 Å². The Morgan fingerprint density at radius 3 is 2.28 bits per heavy atom. The van der Waals surface area contributed by atoms with E-state index in [9.17, 15) is 9.59 Å². The van der Waals surface area contributed by atoms with Crippen LogP contribution in [-0.4, -0.2) is 25.7 Å². The molecule has 192 valence electrons. The molecule has 0 radical (unpaired) electrons. The van der Waals surface area contributed by atoms with Crippen LogP contribution in [0.25, 0.3) is 16.7 Å². The van der Waals surface area contributed by atoms with E-state index >= 15 is 0 Å². The van der Waals surface area contributed by atoms with Gasteiger partial charge in [-0.3, -0.25) is 4.79 Å². The quantitative estimate of drug-likeness (QED) is 0.119. The van der Waals surface area contributed by atoms with Crippen molar-refractivity contribution in [2.75, 3.05) is 13.2 Å². The Balaban J connectivity index is 1.54. The molecule has 2 unspecified atom stereocenters. The number of unbranched alkanes of at least 4 members (excludes halogenated alkanes) is 2. The molecule has 4 nitrogen and oxygen atoms in total. The molecular formula is C32H40O4. The number of carbonyl (C=O) groups excluding carboxylic acids is 2. The van der Waals surface area contributed by atoms with Crippen LogP contribution >= 0.6 is 0 Å². The number of aryl methyl sites for hydroxylation is 1. The maximum atomic E-state index is 11.7. The van der Waals surface area contributed by atoms with Crippen LogP contribution in [0.1, 0.15) is 69.9 Å². The normalized spacial score (nSPS) is 16.1. The van der Waals surface area contributed by atoms with E-state index in [4.69, 9.17) is 9.47 Å². The number of carbonyl (C=O) groups is 2. The third-order valence-electron chi connectivity index (χ3n) is 7.00. The van der Waals surface area contributed by atoms with E-state index in [0.717, 1.165) is 32.1 Å². The van der Waals surface area contributed by atoms with Crippen LogP contribution < -0.4 is 0 Å².